The van der Waals surface area contributed by atoms with Crippen LogP contribution in [0.5, 0.6) is 11.5 Å². The second-order valence-electron chi connectivity index (χ2n) is 6.52. The van der Waals surface area contributed by atoms with Gasteiger partial charge in [0.1, 0.15) is 17.0 Å². The molecule has 0 spiro atoms. The third-order valence-corrected chi connectivity index (χ3v) is 5.28. The quantitative estimate of drug-likeness (QED) is 0.527. The molecule has 3 aromatic rings. The molecule has 6 nitrogen and oxygen atoms in total. The summed E-state index contributed by atoms with van der Waals surface area (Å²) in [4.78, 5) is 21.8. The van der Waals surface area contributed by atoms with E-state index in [0.717, 1.165) is 22.5 Å². The van der Waals surface area contributed by atoms with Crippen molar-refractivity contribution in [1.82, 2.24) is 9.88 Å². The van der Waals surface area contributed by atoms with Crippen LogP contribution in [0, 0.1) is 0 Å². The number of benzene rings is 2. The Morgan fingerprint density at radius 2 is 1.90 bits per heavy atom. The van der Waals surface area contributed by atoms with Crippen LogP contribution in [0.15, 0.2) is 42.5 Å². The summed E-state index contributed by atoms with van der Waals surface area (Å²) in [6.07, 6.45) is 0. The smallest absolute Gasteiger partial charge is 0.260 e. The van der Waals surface area contributed by atoms with Crippen LogP contribution in [0.3, 0.4) is 0 Å². The summed E-state index contributed by atoms with van der Waals surface area (Å²) < 4.78 is 12.0. The number of ether oxygens (including phenoxy) is 2. The topological polar surface area (TPSA) is 54.9 Å². The zero-order chi connectivity index (χ0) is 20.1. The highest BCUT2D eigenvalue weighted by atomic mass is 35.5. The van der Waals surface area contributed by atoms with Crippen LogP contribution in [-0.4, -0.2) is 56.7 Å². The van der Waals surface area contributed by atoms with Crippen molar-refractivity contribution in [3.63, 3.8) is 0 Å². The number of methoxy groups -OCH3 is 1. The van der Waals surface area contributed by atoms with Crippen LogP contribution in [0.4, 0.5) is 5.13 Å². The van der Waals surface area contributed by atoms with Crippen molar-refractivity contribution in [3.05, 3.63) is 48.0 Å². The summed E-state index contributed by atoms with van der Waals surface area (Å²) in [7, 11) is 5.57. The lowest BCUT2D eigenvalue weighted by atomic mass is 10.2. The molecule has 0 atom stereocenters. The van der Waals surface area contributed by atoms with Gasteiger partial charge in [-0.1, -0.05) is 23.5 Å². The summed E-state index contributed by atoms with van der Waals surface area (Å²) in [6.45, 7) is 3.78. The summed E-state index contributed by atoms with van der Waals surface area (Å²) in [5, 5.41) is 0.664. The van der Waals surface area contributed by atoms with Crippen LogP contribution >= 0.6 is 23.7 Å². The number of amides is 1. The number of fused-ring (bicyclic) bond motifs is 1. The molecule has 2 aromatic carbocycles. The van der Waals surface area contributed by atoms with Gasteiger partial charge in [-0.25, -0.2) is 4.98 Å². The Hall–Kier alpha value is -2.35. The predicted molar refractivity (Wildman–Crippen MR) is 121 cm³/mol. The van der Waals surface area contributed by atoms with E-state index >= 15 is 0 Å². The van der Waals surface area contributed by atoms with Gasteiger partial charge in [0.05, 0.1) is 18.4 Å². The molecule has 3 rings (SSSR count). The average molecular weight is 436 g/mol. The van der Waals surface area contributed by atoms with Gasteiger partial charge in [-0.2, -0.15) is 0 Å². The minimum atomic E-state index is -0.0993. The first-order valence-corrected chi connectivity index (χ1v) is 9.98. The molecule has 0 N–H and O–H groups in total. The molecule has 0 aliphatic rings. The molecular weight excluding hydrogens is 410 g/mol. The molecule has 1 amide bonds. The summed E-state index contributed by atoms with van der Waals surface area (Å²) in [6, 6.07) is 13.1. The molecule has 0 bridgehead atoms. The van der Waals surface area contributed by atoms with E-state index in [0.29, 0.717) is 29.6 Å². The van der Waals surface area contributed by atoms with Crippen LogP contribution in [0.25, 0.3) is 10.2 Å². The molecule has 0 aliphatic carbocycles. The molecule has 1 heterocycles. The molecular formula is C21H26ClN3O3S. The Morgan fingerprint density at radius 1 is 1.14 bits per heavy atom. The van der Waals surface area contributed by atoms with Crippen LogP contribution in [0.2, 0.25) is 0 Å². The summed E-state index contributed by atoms with van der Waals surface area (Å²) in [5.74, 6) is 1.29. The number of nitrogens with zero attached hydrogens (tertiary/aromatic N) is 3. The summed E-state index contributed by atoms with van der Waals surface area (Å²) in [5.41, 5.74) is 1.36. The molecule has 1 aromatic heterocycles. The Balaban J connectivity index is 0.00000300. The number of carbonyl (C=O) groups excluding carboxylic acids is 1. The second-order valence-corrected chi connectivity index (χ2v) is 7.53. The van der Waals surface area contributed by atoms with Gasteiger partial charge in [0, 0.05) is 18.7 Å². The first kappa shape index (κ1) is 22.9. The third kappa shape index (κ3) is 5.38. The highest BCUT2D eigenvalue weighted by Crippen LogP contribution is 2.34. The minimum absolute atomic E-state index is 0. The fourth-order valence-electron chi connectivity index (χ4n) is 2.79. The number of para-hydroxylation sites is 1. The van der Waals surface area contributed by atoms with Crippen molar-refractivity contribution in [1.29, 1.82) is 0 Å². The monoisotopic (exact) mass is 435 g/mol. The van der Waals surface area contributed by atoms with Gasteiger partial charge < -0.3 is 14.4 Å². The van der Waals surface area contributed by atoms with Crippen LogP contribution in [-0.2, 0) is 0 Å². The van der Waals surface area contributed by atoms with E-state index in [1.165, 1.54) is 11.3 Å². The number of hydrogen-bond acceptors (Lipinski definition) is 6. The fraction of sp³-hybridized carbons (Fsp3) is 0.333. The maximum absolute atomic E-state index is 13.3. The van der Waals surface area contributed by atoms with Gasteiger partial charge in [-0.15, -0.1) is 12.4 Å². The van der Waals surface area contributed by atoms with Gasteiger partial charge in [0.2, 0.25) is 0 Å². The van der Waals surface area contributed by atoms with E-state index in [9.17, 15) is 4.79 Å². The molecule has 0 radical (unpaired) electrons. The van der Waals surface area contributed by atoms with Gasteiger partial charge in [0.15, 0.2) is 5.13 Å². The highest BCUT2D eigenvalue weighted by molar-refractivity contribution is 7.22. The van der Waals surface area contributed by atoms with Gasteiger partial charge in [0.25, 0.3) is 5.91 Å². The molecule has 29 heavy (non-hydrogen) atoms. The Kier molecular flexibility index (Phi) is 8.25. The number of likely N-dealkylation sites (N-methyl/N-ethyl adjacent to an activating group) is 1. The molecule has 0 saturated carbocycles. The van der Waals surface area contributed by atoms with Crippen LogP contribution in [0.1, 0.15) is 17.3 Å². The van der Waals surface area contributed by atoms with Crippen molar-refractivity contribution in [3.8, 4) is 11.5 Å². The van der Waals surface area contributed by atoms with E-state index in [4.69, 9.17) is 14.5 Å². The van der Waals surface area contributed by atoms with Gasteiger partial charge >= 0.3 is 0 Å². The van der Waals surface area contributed by atoms with E-state index < -0.39 is 0 Å². The van der Waals surface area contributed by atoms with E-state index in [1.807, 2.05) is 56.3 Å². The van der Waals surface area contributed by atoms with Gasteiger partial charge in [-0.05, 0) is 51.4 Å². The summed E-state index contributed by atoms with van der Waals surface area (Å²) >= 11 is 1.49. The van der Waals surface area contributed by atoms with Crippen LogP contribution < -0.4 is 14.4 Å². The number of halogens is 1. The number of thiazole rings is 1. The number of rotatable bonds is 8. The highest BCUT2D eigenvalue weighted by Gasteiger charge is 2.22. The van der Waals surface area contributed by atoms with E-state index in [1.54, 1.807) is 24.1 Å². The van der Waals surface area contributed by atoms with Crippen molar-refractivity contribution < 1.29 is 14.3 Å². The van der Waals surface area contributed by atoms with Crippen molar-refractivity contribution >= 4 is 45.0 Å². The number of aromatic nitrogens is 1. The molecule has 0 saturated heterocycles. The van der Waals surface area contributed by atoms with Crippen molar-refractivity contribution in [2.75, 3.05) is 45.8 Å². The third-order valence-electron chi connectivity index (χ3n) is 4.23. The molecule has 8 heteroatoms. The van der Waals surface area contributed by atoms with Crippen molar-refractivity contribution in [2.45, 2.75) is 6.92 Å². The Bertz CT molecular complexity index is 961. The molecule has 156 valence electrons. The minimum Gasteiger partial charge on any atom is -0.497 e. The Labute approximate surface area is 181 Å². The van der Waals surface area contributed by atoms with E-state index in [-0.39, 0.29) is 18.3 Å². The molecule has 0 aliphatic heterocycles. The van der Waals surface area contributed by atoms with Crippen molar-refractivity contribution in [2.24, 2.45) is 0 Å². The van der Waals surface area contributed by atoms with E-state index in [2.05, 4.69) is 0 Å². The molecule has 0 unspecified atom stereocenters. The first-order valence-electron chi connectivity index (χ1n) is 9.16. The lowest BCUT2D eigenvalue weighted by Crippen LogP contribution is -2.36. The SMILES string of the molecule is CCOc1cccc2sc(N(CCN(C)C)C(=O)c3cccc(OC)c3)nc12.Cl. The standard InChI is InChI=1S/C21H25N3O3S.ClH/c1-5-27-17-10-7-11-18-19(17)22-21(28-18)24(13-12-23(2)3)20(25)15-8-6-9-16(14-15)26-4;/h6-11,14H,5,12-13H2,1-4H3;1H. The zero-order valence-electron chi connectivity index (χ0n) is 17.0. The molecule has 0 fully saturated rings. The van der Waals surface area contributed by atoms with Gasteiger partial charge in [-0.3, -0.25) is 9.69 Å². The Morgan fingerprint density at radius 3 is 2.59 bits per heavy atom. The number of anilines is 1. The predicted octanol–water partition coefficient (Wildman–Crippen LogP) is 4.33. The lowest BCUT2D eigenvalue weighted by Gasteiger charge is -2.22. The largest absolute Gasteiger partial charge is 0.497 e. The number of carbonyl (C=O) groups is 1. The maximum atomic E-state index is 13.3. The maximum Gasteiger partial charge on any atom is 0.260 e. The fourth-order valence-corrected chi connectivity index (χ4v) is 3.80. The average Bonchev–Trinajstić information content (AvgIpc) is 3.13. The lowest BCUT2D eigenvalue weighted by molar-refractivity contribution is 0.0985. The number of hydrogen-bond donors (Lipinski definition) is 0. The normalized spacial score (nSPS) is 10.7. The second kappa shape index (κ2) is 10.4. The zero-order valence-corrected chi connectivity index (χ0v) is 18.7. The first-order chi connectivity index (χ1) is 13.5.